The van der Waals surface area contributed by atoms with Crippen LogP contribution in [0, 0.1) is 13.8 Å². The van der Waals surface area contributed by atoms with Gasteiger partial charge < -0.3 is 19.9 Å². The second kappa shape index (κ2) is 8.98. The maximum atomic E-state index is 12.7. The zero-order valence-electron chi connectivity index (χ0n) is 19.0. The van der Waals surface area contributed by atoms with E-state index in [0.29, 0.717) is 32.7 Å². The first-order valence-corrected chi connectivity index (χ1v) is 11.4. The van der Waals surface area contributed by atoms with Crippen LogP contribution in [0.1, 0.15) is 22.3 Å². The molecule has 6 heteroatoms. The van der Waals surface area contributed by atoms with Crippen molar-refractivity contribution in [2.24, 2.45) is 4.99 Å². The van der Waals surface area contributed by atoms with Gasteiger partial charge in [0.1, 0.15) is 17.3 Å². The summed E-state index contributed by atoms with van der Waals surface area (Å²) in [6.45, 7) is 7.38. The van der Waals surface area contributed by atoms with E-state index in [4.69, 9.17) is 9.73 Å². The van der Waals surface area contributed by atoms with Crippen LogP contribution in [-0.4, -0.2) is 47.8 Å². The lowest BCUT2D eigenvalue weighted by Crippen LogP contribution is -2.53. The third-order valence-electron chi connectivity index (χ3n) is 6.09. The van der Waals surface area contributed by atoms with Gasteiger partial charge in [-0.2, -0.15) is 0 Å². The van der Waals surface area contributed by atoms with E-state index in [1.165, 1.54) is 0 Å². The van der Waals surface area contributed by atoms with Gasteiger partial charge in [0.15, 0.2) is 5.75 Å². The van der Waals surface area contributed by atoms with Crippen molar-refractivity contribution < 1.29 is 9.53 Å². The highest BCUT2D eigenvalue weighted by molar-refractivity contribution is 6.04. The van der Waals surface area contributed by atoms with E-state index in [9.17, 15) is 4.79 Å². The maximum Gasteiger partial charge on any atom is 0.317 e. The molecule has 0 saturated carbocycles. The summed E-state index contributed by atoms with van der Waals surface area (Å²) in [6, 6.07) is 22.3. The number of rotatable bonds is 2. The van der Waals surface area contributed by atoms with Crippen LogP contribution in [0.4, 0.5) is 10.5 Å². The fraction of sp³-hybridized carbons (Fsp3) is 0.259. The first kappa shape index (κ1) is 21.1. The standard InChI is InChI=1S/C27H28N4O2/c1-19-9-11-24-22(16-19)26(29-23-10-8-20(2)17-25(23)33-24)30-12-14-31(15-13-30)27(32)28-18-21-6-4-3-5-7-21/h3-11,16-17H,12-15,18H2,1-2H3,(H,28,32). The van der Waals surface area contributed by atoms with Gasteiger partial charge in [0.2, 0.25) is 0 Å². The second-order valence-electron chi connectivity index (χ2n) is 8.63. The number of aliphatic imine (C=N–C) groups is 1. The molecule has 0 radical (unpaired) electrons. The second-order valence-corrected chi connectivity index (χ2v) is 8.63. The predicted molar refractivity (Wildman–Crippen MR) is 130 cm³/mol. The number of benzene rings is 3. The normalized spacial score (nSPS) is 15.0. The molecule has 2 aliphatic heterocycles. The van der Waals surface area contributed by atoms with Crippen LogP contribution in [0.5, 0.6) is 11.5 Å². The molecule has 3 aromatic carbocycles. The van der Waals surface area contributed by atoms with Crippen molar-refractivity contribution in [1.29, 1.82) is 0 Å². The van der Waals surface area contributed by atoms with Crippen molar-refractivity contribution in [1.82, 2.24) is 15.1 Å². The molecule has 2 aliphatic rings. The van der Waals surface area contributed by atoms with E-state index in [1.54, 1.807) is 0 Å². The van der Waals surface area contributed by atoms with Gasteiger partial charge in [0, 0.05) is 32.7 Å². The molecule has 0 unspecified atom stereocenters. The van der Waals surface area contributed by atoms with Crippen molar-refractivity contribution in [2.75, 3.05) is 26.2 Å². The average molecular weight is 441 g/mol. The molecule has 5 rings (SSSR count). The summed E-state index contributed by atoms with van der Waals surface area (Å²) in [6.07, 6.45) is 0. The number of aryl methyl sites for hydroxylation is 2. The molecular weight excluding hydrogens is 412 g/mol. The predicted octanol–water partition coefficient (Wildman–Crippen LogP) is 5.01. The van der Waals surface area contributed by atoms with Gasteiger partial charge in [0.05, 0.1) is 5.56 Å². The highest BCUT2D eigenvalue weighted by atomic mass is 16.5. The van der Waals surface area contributed by atoms with Gasteiger partial charge in [0.25, 0.3) is 0 Å². The van der Waals surface area contributed by atoms with E-state index < -0.39 is 0 Å². The van der Waals surface area contributed by atoms with Crippen LogP contribution in [0.2, 0.25) is 0 Å². The summed E-state index contributed by atoms with van der Waals surface area (Å²) in [5, 5.41) is 3.03. The Kier molecular flexibility index (Phi) is 5.73. The summed E-state index contributed by atoms with van der Waals surface area (Å²) in [5.41, 5.74) is 5.21. The molecule has 168 valence electrons. The fourth-order valence-corrected chi connectivity index (χ4v) is 4.24. The van der Waals surface area contributed by atoms with Crippen LogP contribution in [0.25, 0.3) is 0 Å². The Labute approximate surface area is 194 Å². The van der Waals surface area contributed by atoms with Crippen LogP contribution in [0.3, 0.4) is 0 Å². The number of fused-ring (bicyclic) bond motifs is 2. The first-order valence-electron chi connectivity index (χ1n) is 11.4. The Hall–Kier alpha value is -3.80. The summed E-state index contributed by atoms with van der Waals surface area (Å²) >= 11 is 0. The summed E-state index contributed by atoms with van der Waals surface area (Å²) in [5.74, 6) is 2.49. The quantitative estimate of drug-likeness (QED) is 0.609. The van der Waals surface area contributed by atoms with Crippen molar-refractivity contribution in [3.63, 3.8) is 0 Å². The molecule has 0 spiro atoms. The number of amidine groups is 1. The van der Waals surface area contributed by atoms with Gasteiger partial charge in [-0.15, -0.1) is 0 Å². The van der Waals surface area contributed by atoms with E-state index in [1.807, 2.05) is 53.4 Å². The zero-order chi connectivity index (χ0) is 22.8. The fourth-order valence-electron chi connectivity index (χ4n) is 4.24. The highest BCUT2D eigenvalue weighted by Crippen LogP contribution is 2.39. The topological polar surface area (TPSA) is 57.2 Å². The highest BCUT2D eigenvalue weighted by Gasteiger charge is 2.27. The molecular formula is C27H28N4O2. The Morgan fingerprint density at radius 3 is 2.42 bits per heavy atom. The van der Waals surface area contributed by atoms with E-state index in [2.05, 4.69) is 42.3 Å². The monoisotopic (exact) mass is 440 g/mol. The van der Waals surface area contributed by atoms with Gasteiger partial charge in [-0.1, -0.05) is 48.0 Å². The lowest BCUT2D eigenvalue weighted by atomic mass is 10.1. The van der Waals surface area contributed by atoms with Crippen molar-refractivity contribution in [2.45, 2.75) is 20.4 Å². The number of nitrogens with one attached hydrogen (secondary N) is 1. The third kappa shape index (κ3) is 4.55. The number of amides is 2. The molecule has 0 bridgehead atoms. The summed E-state index contributed by atoms with van der Waals surface area (Å²) in [7, 11) is 0. The van der Waals surface area contributed by atoms with Gasteiger partial charge in [-0.3, -0.25) is 0 Å². The Morgan fingerprint density at radius 1 is 0.909 bits per heavy atom. The van der Waals surface area contributed by atoms with Gasteiger partial charge in [-0.05, 0) is 49.2 Å². The van der Waals surface area contributed by atoms with Crippen molar-refractivity contribution >= 4 is 17.6 Å². The molecule has 1 fully saturated rings. The molecule has 3 aromatic rings. The third-order valence-corrected chi connectivity index (χ3v) is 6.09. The average Bonchev–Trinajstić information content (AvgIpc) is 2.99. The number of carbonyl (C=O) groups excluding carboxylic acids is 1. The molecule has 0 aliphatic carbocycles. The molecule has 0 atom stereocenters. The van der Waals surface area contributed by atoms with Crippen LogP contribution >= 0.6 is 0 Å². The SMILES string of the molecule is Cc1ccc2c(c1)Oc1ccc(C)cc1C(N1CCN(C(=O)NCc3ccccc3)CC1)=N2. The molecule has 2 amide bonds. The minimum absolute atomic E-state index is 0.0262. The minimum Gasteiger partial charge on any atom is -0.454 e. The molecule has 1 N–H and O–H groups in total. The number of ether oxygens (including phenoxy) is 1. The van der Waals surface area contributed by atoms with Crippen LogP contribution in [0.15, 0.2) is 71.7 Å². The number of nitrogens with zero attached hydrogens (tertiary/aromatic N) is 3. The largest absolute Gasteiger partial charge is 0.454 e. The number of urea groups is 1. The van der Waals surface area contributed by atoms with E-state index in [0.717, 1.165) is 45.3 Å². The van der Waals surface area contributed by atoms with Crippen LogP contribution < -0.4 is 10.1 Å². The first-order chi connectivity index (χ1) is 16.1. The number of carbonyl (C=O) groups is 1. The smallest absolute Gasteiger partial charge is 0.317 e. The Morgan fingerprint density at radius 2 is 1.64 bits per heavy atom. The molecule has 1 saturated heterocycles. The summed E-state index contributed by atoms with van der Waals surface area (Å²) in [4.78, 5) is 21.9. The van der Waals surface area contributed by atoms with Crippen molar-refractivity contribution in [3.8, 4) is 11.5 Å². The number of hydrogen-bond donors (Lipinski definition) is 1. The van der Waals surface area contributed by atoms with E-state index >= 15 is 0 Å². The van der Waals surface area contributed by atoms with Gasteiger partial charge >= 0.3 is 6.03 Å². The zero-order valence-corrected chi connectivity index (χ0v) is 19.0. The summed E-state index contributed by atoms with van der Waals surface area (Å²) < 4.78 is 6.28. The Bertz CT molecular complexity index is 1200. The number of piperazine rings is 1. The lowest BCUT2D eigenvalue weighted by molar-refractivity contribution is 0.169. The van der Waals surface area contributed by atoms with Gasteiger partial charge in [-0.25, -0.2) is 9.79 Å². The molecule has 33 heavy (non-hydrogen) atoms. The minimum atomic E-state index is -0.0262. The molecule has 0 aromatic heterocycles. The van der Waals surface area contributed by atoms with E-state index in [-0.39, 0.29) is 6.03 Å². The maximum absolute atomic E-state index is 12.7. The molecule has 6 nitrogen and oxygen atoms in total. The Balaban J connectivity index is 1.33. The van der Waals surface area contributed by atoms with Crippen LogP contribution in [-0.2, 0) is 6.54 Å². The lowest BCUT2D eigenvalue weighted by Gasteiger charge is -2.36. The number of hydrogen-bond acceptors (Lipinski definition) is 4. The molecule has 2 heterocycles. The van der Waals surface area contributed by atoms with Crippen molar-refractivity contribution in [3.05, 3.63) is 89.0 Å².